The summed E-state index contributed by atoms with van der Waals surface area (Å²) >= 11 is 0. The maximum Gasteiger partial charge on any atom is 0.331 e. The molecule has 3 aliphatic heterocycles. The van der Waals surface area contributed by atoms with E-state index in [1.807, 2.05) is 0 Å². The molecule has 0 aromatic rings. The molecule has 2 bridgehead atoms. The molecule has 3 saturated heterocycles. The smallest absolute Gasteiger partial charge is 0.331 e. The van der Waals surface area contributed by atoms with Crippen molar-refractivity contribution >= 4 is 23.9 Å². The maximum absolute atomic E-state index is 11.8. The molecule has 2 N–H and O–H groups in total. The second-order valence-electron chi connectivity index (χ2n) is 4.86. The van der Waals surface area contributed by atoms with E-state index in [1.54, 1.807) is 0 Å². The van der Waals surface area contributed by atoms with Gasteiger partial charge in [0, 0.05) is 13.1 Å². The predicted octanol–water partition coefficient (Wildman–Crippen LogP) is -0.350. The van der Waals surface area contributed by atoms with Crippen LogP contribution in [0, 0.1) is 0 Å². The van der Waals surface area contributed by atoms with Crippen LogP contribution in [0.2, 0.25) is 0 Å². The Hall–Kier alpha value is -2.12. The average molecular weight is 282 g/mol. The van der Waals surface area contributed by atoms with E-state index in [0.29, 0.717) is 18.0 Å². The van der Waals surface area contributed by atoms with E-state index in [9.17, 15) is 19.2 Å². The van der Waals surface area contributed by atoms with Crippen molar-refractivity contribution in [2.75, 3.05) is 26.2 Å². The molecule has 0 atom stereocenters. The summed E-state index contributed by atoms with van der Waals surface area (Å²) < 4.78 is 0. The minimum absolute atomic E-state index is 0.259. The van der Waals surface area contributed by atoms with Crippen LogP contribution in [0.4, 0.5) is 9.59 Å². The lowest BCUT2D eigenvalue weighted by Gasteiger charge is -2.31. The van der Waals surface area contributed by atoms with E-state index < -0.39 is 23.9 Å². The molecule has 8 heteroatoms. The van der Waals surface area contributed by atoms with E-state index in [0.717, 1.165) is 30.6 Å². The van der Waals surface area contributed by atoms with Gasteiger partial charge in [0.05, 0.1) is 0 Å². The van der Waals surface area contributed by atoms with Crippen LogP contribution in [0.5, 0.6) is 0 Å². The van der Waals surface area contributed by atoms with E-state index in [4.69, 9.17) is 0 Å². The van der Waals surface area contributed by atoms with Gasteiger partial charge in [-0.2, -0.15) is 4.90 Å². The lowest BCUT2D eigenvalue weighted by atomic mass is 10.2. The van der Waals surface area contributed by atoms with Gasteiger partial charge in [-0.1, -0.05) is 12.8 Å². The number of piperazine rings is 1. The molecular weight excluding hydrogens is 264 g/mol. The van der Waals surface area contributed by atoms with Crippen molar-refractivity contribution in [1.29, 1.82) is 0 Å². The molecule has 0 aromatic heterocycles. The van der Waals surface area contributed by atoms with Gasteiger partial charge in [-0.3, -0.25) is 9.59 Å². The van der Waals surface area contributed by atoms with Gasteiger partial charge in [0.25, 0.3) is 11.8 Å². The third kappa shape index (κ3) is 3.25. The van der Waals surface area contributed by atoms with E-state index >= 15 is 0 Å². The first-order valence-electron chi connectivity index (χ1n) is 6.76. The predicted molar refractivity (Wildman–Crippen MR) is 68.7 cm³/mol. The summed E-state index contributed by atoms with van der Waals surface area (Å²) in [5.41, 5.74) is 0. The molecule has 0 unspecified atom stereocenters. The number of amides is 6. The molecule has 8 nitrogen and oxygen atoms in total. The molecule has 0 radical (unpaired) electrons. The molecule has 110 valence electrons. The standard InChI is InChI=1S/C12H18N4O4/c17-9-7-15-8-10(18)16(9)12(20)14-6-4-2-1-3-5-13-11(15)19/h1-8H2,(H,13,19)(H,14,20). The molecule has 3 aliphatic rings. The summed E-state index contributed by atoms with van der Waals surface area (Å²) in [6, 6.07) is -1.14. The molecule has 6 amide bonds. The Morgan fingerprint density at radius 1 is 0.700 bits per heavy atom. The van der Waals surface area contributed by atoms with Crippen LogP contribution in [0.1, 0.15) is 25.7 Å². The van der Waals surface area contributed by atoms with Gasteiger partial charge >= 0.3 is 12.1 Å². The second-order valence-corrected chi connectivity index (χ2v) is 4.86. The van der Waals surface area contributed by atoms with Crippen molar-refractivity contribution in [2.24, 2.45) is 0 Å². The molecule has 20 heavy (non-hydrogen) atoms. The fourth-order valence-electron chi connectivity index (χ4n) is 2.22. The van der Waals surface area contributed by atoms with E-state index in [2.05, 4.69) is 10.6 Å². The van der Waals surface area contributed by atoms with Crippen LogP contribution in [0.15, 0.2) is 0 Å². The molecule has 3 rings (SSSR count). The van der Waals surface area contributed by atoms with Crippen molar-refractivity contribution in [3.63, 3.8) is 0 Å². The number of fused-ring (bicyclic) bond motifs is 11. The molecule has 0 saturated carbocycles. The minimum Gasteiger partial charge on any atom is -0.338 e. The van der Waals surface area contributed by atoms with Gasteiger partial charge in [-0.05, 0) is 12.8 Å². The molecule has 0 spiro atoms. The Labute approximate surface area is 116 Å². The number of rotatable bonds is 0. The van der Waals surface area contributed by atoms with Crippen molar-refractivity contribution < 1.29 is 19.2 Å². The lowest BCUT2D eigenvalue weighted by Crippen LogP contribution is -2.61. The summed E-state index contributed by atoms with van der Waals surface area (Å²) in [6.07, 6.45) is 3.49. The second kappa shape index (κ2) is 6.36. The number of nitrogens with zero attached hydrogens (tertiary/aromatic N) is 2. The first-order chi connectivity index (χ1) is 9.59. The highest BCUT2D eigenvalue weighted by molar-refractivity contribution is 6.14. The van der Waals surface area contributed by atoms with Crippen LogP contribution >= 0.6 is 0 Å². The summed E-state index contributed by atoms with van der Waals surface area (Å²) in [5.74, 6) is -1.35. The minimum atomic E-state index is -0.697. The zero-order chi connectivity index (χ0) is 14.5. The Morgan fingerprint density at radius 2 is 1.20 bits per heavy atom. The van der Waals surface area contributed by atoms with Gasteiger partial charge in [-0.15, -0.1) is 0 Å². The third-order valence-electron chi connectivity index (χ3n) is 3.30. The van der Waals surface area contributed by atoms with Gasteiger partial charge in [-0.25, -0.2) is 9.59 Å². The van der Waals surface area contributed by atoms with Crippen LogP contribution in [-0.4, -0.2) is 59.9 Å². The summed E-state index contributed by atoms with van der Waals surface area (Å²) in [6.45, 7) is 0.440. The van der Waals surface area contributed by atoms with Crippen molar-refractivity contribution in [3.05, 3.63) is 0 Å². The Bertz CT molecular complexity index is 419. The van der Waals surface area contributed by atoms with Gasteiger partial charge in [0.2, 0.25) is 0 Å². The zero-order valence-electron chi connectivity index (χ0n) is 11.2. The molecule has 3 fully saturated rings. The Morgan fingerprint density at radius 3 is 1.75 bits per heavy atom. The Balaban J connectivity index is 2.10. The summed E-state index contributed by atoms with van der Waals surface area (Å²) in [5, 5.41) is 5.24. The molecule has 3 heterocycles. The van der Waals surface area contributed by atoms with Crippen molar-refractivity contribution in [1.82, 2.24) is 20.4 Å². The number of nitrogens with one attached hydrogen (secondary N) is 2. The first-order valence-corrected chi connectivity index (χ1v) is 6.76. The normalized spacial score (nSPS) is 22.4. The summed E-state index contributed by atoms with van der Waals surface area (Å²) in [4.78, 5) is 49.0. The fraction of sp³-hybridized carbons (Fsp3) is 0.667. The highest BCUT2D eigenvalue weighted by atomic mass is 16.2. The van der Waals surface area contributed by atoms with Crippen molar-refractivity contribution in [3.8, 4) is 0 Å². The van der Waals surface area contributed by atoms with E-state index in [-0.39, 0.29) is 13.1 Å². The van der Waals surface area contributed by atoms with Crippen LogP contribution in [-0.2, 0) is 9.59 Å². The number of hydrogen-bond donors (Lipinski definition) is 2. The SMILES string of the molecule is O=C1NCCCCCCNC(=O)N2C(=O)CN1CC2=O. The van der Waals surface area contributed by atoms with Gasteiger partial charge < -0.3 is 15.5 Å². The molecular formula is C12H18N4O4. The fourth-order valence-corrected chi connectivity index (χ4v) is 2.22. The van der Waals surface area contributed by atoms with Crippen LogP contribution < -0.4 is 10.6 Å². The molecule has 0 aromatic carbocycles. The van der Waals surface area contributed by atoms with Gasteiger partial charge in [0.1, 0.15) is 13.1 Å². The first kappa shape index (κ1) is 14.3. The number of hydrogen-bond acceptors (Lipinski definition) is 4. The monoisotopic (exact) mass is 282 g/mol. The van der Waals surface area contributed by atoms with Gasteiger partial charge in [0.15, 0.2) is 0 Å². The quantitative estimate of drug-likeness (QED) is 0.593. The molecule has 0 aliphatic carbocycles. The highest BCUT2D eigenvalue weighted by Gasteiger charge is 2.37. The highest BCUT2D eigenvalue weighted by Crippen LogP contribution is 2.07. The number of carbonyl (C=O) groups is 4. The number of urea groups is 2. The van der Waals surface area contributed by atoms with E-state index in [1.165, 1.54) is 0 Å². The topological polar surface area (TPSA) is 98.8 Å². The summed E-state index contributed by atoms with van der Waals surface area (Å²) in [7, 11) is 0. The van der Waals surface area contributed by atoms with Crippen LogP contribution in [0.25, 0.3) is 0 Å². The Kier molecular flexibility index (Phi) is 4.54. The van der Waals surface area contributed by atoms with Crippen LogP contribution in [0.3, 0.4) is 0 Å². The maximum atomic E-state index is 11.8. The van der Waals surface area contributed by atoms with Crippen molar-refractivity contribution in [2.45, 2.75) is 25.7 Å². The number of imide groups is 3. The zero-order valence-corrected chi connectivity index (χ0v) is 11.2. The largest absolute Gasteiger partial charge is 0.338 e. The average Bonchev–Trinajstić information content (AvgIpc) is 2.39. The number of carbonyl (C=O) groups excluding carboxylic acids is 4. The third-order valence-corrected chi connectivity index (χ3v) is 3.30. The lowest BCUT2D eigenvalue weighted by molar-refractivity contribution is -0.145.